The molecule has 0 aliphatic carbocycles. The average molecular weight is 270 g/mol. The summed E-state index contributed by atoms with van der Waals surface area (Å²) in [5, 5.41) is 6.53. The lowest BCUT2D eigenvalue weighted by Crippen LogP contribution is -2.40. The third kappa shape index (κ3) is 10.4. The molecule has 0 aromatic heterocycles. The minimum absolute atomic E-state index is 0.0132. The van der Waals surface area contributed by atoms with Gasteiger partial charge in [0.1, 0.15) is 6.54 Å². The molecular weight excluding hydrogens is 240 g/mol. The molecule has 0 spiro atoms. The van der Waals surface area contributed by atoms with Crippen molar-refractivity contribution in [2.24, 2.45) is 10.9 Å². The molecule has 0 unspecified atom stereocenters. The number of unbranched alkanes of at least 4 members (excludes halogenated alkanes) is 2. The number of aliphatic imine (C=N–C) groups is 1. The Kier molecular flexibility index (Phi) is 9.94. The zero-order chi connectivity index (χ0) is 14.7. The Morgan fingerprint density at radius 3 is 2.42 bits per heavy atom. The third-order valence-corrected chi connectivity index (χ3v) is 2.62. The molecule has 0 fully saturated rings. The van der Waals surface area contributed by atoms with Gasteiger partial charge in [-0.15, -0.1) is 0 Å². The number of carbonyl (C=O) groups excluding carboxylic acids is 1. The van der Waals surface area contributed by atoms with Gasteiger partial charge in [-0.2, -0.15) is 0 Å². The van der Waals surface area contributed by atoms with Gasteiger partial charge in [-0.05, 0) is 12.3 Å². The summed E-state index contributed by atoms with van der Waals surface area (Å²) >= 11 is 0. The summed E-state index contributed by atoms with van der Waals surface area (Å²) in [4.78, 5) is 17.4. The van der Waals surface area contributed by atoms with E-state index in [0.29, 0.717) is 5.92 Å². The number of likely N-dealkylation sites (N-methyl/N-ethyl adjacent to an activating group) is 1. The molecule has 2 N–H and O–H groups in total. The molecule has 0 aliphatic heterocycles. The van der Waals surface area contributed by atoms with Crippen molar-refractivity contribution in [2.75, 3.05) is 33.7 Å². The largest absolute Gasteiger partial charge is 0.356 e. The van der Waals surface area contributed by atoms with E-state index in [1.54, 1.807) is 19.0 Å². The van der Waals surface area contributed by atoms with Gasteiger partial charge in [0.25, 0.3) is 0 Å². The van der Waals surface area contributed by atoms with Crippen LogP contribution < -0.4 is 10.6 Å². The zero-order valence-electron chi connectivity index (χ0n) is 13.1. The van der Waals surface area contributed by atoms with E-state index in [1.165, 1.54) is 12.8 Å². The summed E-state index contributed by atoms with van der Waals surface area (Å²) in [6.07, 6.45) is 3.54. The van der Waals surface area contributed by atoms with Crippen LogP contribution in [-0.4, -0.2) is 50.5 Å². The molecular formula is C14H30N4O. The van der Waals surface area contributed by atoms with Crippen LogP contribution in [0.4, 0.5) is 0 Å². The summed E-state index contributed by atoms with van der Waals surface area (Å²) < 4.78 is 0. The first-order valence-corrected chi connectivity index (χ1v) is 7.19. The van der Waals surface area contributed by atoms with E-state index in [2.05, 4.69) is 36.4 Å². The van der Waals surface area contributed by atoms with Gasteiger partial charge in [-0.25, -0.2) is 4.99 Å². The predicted molar refractivity (Wildman–Crippen MR) is 81.4 cm³/mol. The molecule has 0 bridgehead atoms. The van der Waals surface area contributed by atoms with Gasteiger partial charge in [-0.1, -0.05) is 33.6 Å². The number of nitrogens with zero attached hydrogens (tertiary/aromatic N) is 2. The fraction of sp³-hybridized carbons (Fsp3) is 0.857. The first-order valence-electron chi connectivity index (χ1n) is 7.19. The van der Waals surface area contributed by atoms with Crippen LogP contribution in [0.15, 0.2) is 4.99 Å². The van der Waals surface area contributed by atoms with E-state index in [4.69, 9.17) is 0 Å². The van der Waals surface area contributed by atoms with E-state index in [9.17, 15) is 4.79 Å². The highest BCUT2D eigenvalue weighted by atomic mass is 16.2. The van der Waals surface area contributed by atoms with Gasteiger partial charge in [-0.3, -0.25) is 4.79 Å². The summed E-state index contributed by atoms with van der Waals surface area (Å²) in [5.41, 5.74) is 0. The second-order valence-electron chi connectivity index (χ2n) is 5.36. The molecule has 0 aliphatic rings. The second-order valence-corrected chi connectivity index (χ2v) is 5.36. The summed E-state index contributed by atoms with van der Waals surface area (Å²) in [6, 6.07) is 0. The van der Waals surface area contributed by atoms with E-state index < -0.39 is 0 Å². The molecule has 1 amide bonds. The summed E-state index contributed by atoms with van der Waals surface area (Å²) in [7, 11) is 3.49. The molecule has 0 rings (SSSR count). The Bertz CT molecular complexity index is 275. The number of guanidine groups is 1. The van der Waals surface area contributed by atoms with Crippen molar-refractivity contribution < 1.29 is 4.79 Å². The Morgan fingerprint density at radius 1 is 1.21 bits per heavy atom. The number of hydrogen-bond acceptors (Lipinski definition) is 2. The van der Waals surface area contributed by atoms with Crippen molar-refractivity contribution in [1.82, 2.24) is 15.5 Å². The number of carbonyl (C=O) groups is 1. The number of hydrogen-bond donors (Lipinski definition) is 2. The molecule has 0 saturated carbocycles. The predicted octanol–water partition coefficient (Wildman–Crippen LogP) is 1.46. The highest BCUT2D eigenvalue weighted by molar-refractivity contribution is 5.84. The molecule has 5 nitrogen and oxygen atoms in total. The topological polar surface area (TPSA) is 56.7 Å². The van der Waals surface area contributed by atoms with Crippen LogP contribution in [0.1, 0.15) is 40.0 Å². The van der Waals surface area contributed by atoms with Crippen molar-refractivity contribution >= 4 is 11.9 Å². The molecule has 19 heavy (non-hydrogen) atoms. The molecule has 0 heterocycles. The Morgan fingerprint density at radius 2 is 1.89 bits per heavy atom. The fourth-order valence-electron chi connectivity index (χ4n) is 1.35. The maximum absolute atomic E-state index is 11.5. The normalized spacial score (nSPS) is 11.6. The van der Waals surface area contributed by atoms with E-state index in [-0.39, 0.29) is 12.5 Å². The molecule has 0 aromatic rings. The average Bonchev–Trinajstić information content (AvgIpc) is 2.35. The van der Waals surface area contributed by atoms with Crippen LogP contribution in [0.2, 0.25) is 0 Å². The maximum Gasteiger partial charge on any atom is 0.243 e. The van der Waals surface area contributed by atoms with Gasteiger partial charge in [0.05, 0.1) is 0 Å². The Labute approximate surface area is 117 Å². The van der Waals surface area contributed by atoms with E-state index >= 15 is 0 Å². The lowest BCUT2D eigenvalue weighted by molar-refractivity contribution is -0.127. The first-order chi connectivity index (χ1) is 8.97. The second kappa shape index (κ2) is 10.6. The summed E-state index contributed by atoms with van der Waals surface area (Å²) in [6.45, 7) is 8.42. The van der Waals surface area contributed by atoms with Gasteiger partial charge in [0, 0.05) is 27.2 Å². The number of amides is 1. The standard InChI is InChI=1S/C14H30N4O/c1-6-7-8-9-15-14(16-10-12(2)3)17-11-13(19)18(4)5/h12H,6-11H2,1-5H3,(H2,15,16,17). The monoisotopic (exact) mass is 270 g/mol. The zero-order valence-corrected chi connectivity index (χ0v) is 13.1. The lowest BCUT2D eigenvalue weighted by Gasteiger charge is -2.15. The SMILES string of the molecule is CCCCCNC(=NCC(=O)N(C)C)NCC(C)C. The van der Waals surface area contributed by atoms with Crippen molar-refractivity contribution in [2.45, 2.75) is 40.0 Å². The third-order valence-electron chi connectivity index (χ3n) is 2.62. The van der Waals surface area contributed by atoms with Crippen molar-refractivity contribution in [3.8, 4) is 0 Å². The fourth-order valence-corrected chi connectivity index (χ4v) is 1.35. The molecule has 0 aromatic carbocycles. The van der Waals surface area contributed by atoms with Gasteiger partial charge < -0.3 is 15.5 Å². The van der Waals surface area contributed by atoms with Crippen molar-refractivity contribution in [1.29, 1.82) is 0 Å². The van der Waals surface area contributed by atoms with Crippen LogP contribution in [0.25, 0.3) is 0 Å². The Hall–Kier alpha value is -1.26. The van der Waals surface area contributed by atoms with Crippen LogP contribution in [0.5, 0.6) is 0 Å². The molecule has 0 atom stereocenters. The highest BCUT2D eigenvalue weighted by Crippen LogP contribution is 1.92. The highest BCUT2D eigenvalue weighted by Gasteiger charge is 2.04. The number of rotatable bonds is 8. The minimum atomic E-state index is 0.0132. The van der Waals surface area contributed by atoms with Crippen LogP contribution in [0.3, 0.4) is 0 Å². The number of nitrogens with one attached hydrogen (secondary N) is 2. The lowest BCUT2D eigenvalue weighted by atomic mass is 10.2. The smallest absolute Gasteiger partial charge is 0.243 e. The van der Waals surface area contributed by atoms with E-state index in [1.807, 2.05) is 0 Å². The van der Waals surface area contributed by atoms with Crippen molar-refractivity contribution in [3.63, 3.8) is 0 Å². The molecule has 112 valence electrons. The van der Waals surface area contributed by atoms with Crippen LogP contribution >= 0.6 is 0 Å². The van der Waals surface area contributed by atoms with Gasteiger partial charge in [0.15, 0.2) is 5.96 Å². The van der Waals surface area contributed by atoms with Crippen LogP contribution in [-0.2, 0) is 4.79 Å². The maximum atomic E-state index is 11.5. The minimum Gasteiger partial charge on any atom is -0.356 e. The molecule has 5 heteroatoms. The first kappa shape index (κ1) is 17.7. The van der Waals surface area contributed by atoms with Crippen molar-refractivity contribution in [3.05, 3.63) is 0 Å². The Balaban J connectivity index is 4.22. The van der Waals surface area contributed by atoms with Crippen LogP contribution in [0, 0.1) is 5.92 Å². The summed E-state index contributed by atoms with van der Waals surface area (Å²) in [5.74, 6) is 1.30. The van der Waals surface area contributed by atoms with Gasteiger partial charge >= 0.3 is 0 Å². The molecule has 0 saturated heterocycles. The van der Waals surface area contributed by atoms with E-state index in [0.717, 1.165) is 25.5 Å². The molecule has 0 radical (unpaired) electrons. The van der Waals surface area contributed by atoms with Gasteiger partial charge in [0.2, 0.25) is 5.91 Å². The quantitative estimate of drug-likeness (QED) is 0.399.